The van der Waals surface area contributed by atoms with Crippen molar-refractivity contribution in [1.82, 2.24) is 10.6 Å². The van der Waals surface area contributed by atoms with Crippen molar-refractivity contribution in [2.24, 2.45) is 5.92 Å². The van der Waals surface area contributed by atoms with Crippen LogP contribution in [0, 0.1) is 5.92 Å². The van der Waals surface area contributed by atoms with Gasteiger partial charge in [0.15, 0.2) is 0 Å². The van der Waals surface area contributed by atoms with Gasteiger partial charge in [0.1, 0.15) is 0 Å². The Kier molecular flexibility index (Phi) is 4.20. The van der Waals surface area contributed by atoms with Crippen LogP contribution in [0.1, 0.15) is 23.8 Å². The maximum atomic E-state index is 3.53. The Morgan fingerprint density at radius 1 is 1.47 bits per heavy atom. The molecule has 2 nitrogen and oxygen atoms in total. The second kappa shape index (κ2) is 5.43. The molecule has 4 heteroatoms. The van der Waals surface area contributed by atoms with Crippen LogP contribution in [-0.4, -0.2) is 20.1 Å². The molecule has 1 aliphatic heterocycles. The van der Waals surface area contributed by atoms with E-state index in [1.165, 1.54) is 21.5 Å². The summed E-state index contributed by atoms with van der Waals surface area (Å²) in [5.41, 5.74) is 0. The number of halogens is 1. The summed E-state index contributed by atoms with van der Waals surface area (Å²) < 4.78 is 1.23. The van der Waals surface area contributed by atoms with E-state index in [-0.39, 0.29) is 0 Å². The maximum absolute atomic E-state index is 3.53. The molecule has 15 heavy (non-hydrogen) atoms. The molecule has 0 amide bonds. The first-order valence-corrected chi connectivity index (χ1v) is 7.05. The molecule has 1 saturated heterocycles. The van der Waals surface area contributed by atoms with Crippen molar-refractivity contribution < 1.29 is 0 Å². The first-order chi connectivity index (χ1) is 7.31. The predicted octanol–water partition coefficient (Wildman–Crippen LogP) is 2.77. The molecule has 1 unspecified atom stereocenters. The van der Waals surface area contributed by atoms with Crippen molar-refractivity contribution >= 4 is 27.3 Å². The standard InChI is InChI=1S/C11H17BrN2S/c1-13-11(8-4-6-14-7-5-8)9-2-3-10(12)15-9/h2-3,8,11,13-14H,4-7H2,1H3. The highest BCUT2D eigenvalue weighted by atomic mass is 79.9. The zero-order chi connectivity index (χ0) is 10.7. The summed E-state index contributed by atoms with van der Waals surface area (Å²) in [6, 6.07) is 4.91. The fraction of sp³-hybridized carbons (Fsp3) is 0.636. The number of nitrogens with one attached hydrogen (secondary N) is 2. The van der Waals surface area contributed by atoms with Gasteiger partial charge < -0.3 is 10.6 Å². The smallest absolute Gasteiger partial charge is 0.0701 e. The zero-order valence-electron chi connectivity index (χ0n) is 8.92. The van der Waals surface area contributed by atoms with E-state index in [9.17, 15) is 0 Å². The molecule has 1 fully saturated rings. The van der Waals surface area contributed by atoms with Crippen LogP contribution in [0.25, 0.3) is 0 Å². The monoisotopic (exact) mass is 288 g/mol. The van der Waals surface area contributed by atoms with Crippen molar-refractivity contribution in [3.8, 4) is 0 Å². The Morgan fingerprint density at radius 2 is 2.20 bits per heavy atom. The Hall–Kier alpha value is 0.1000. The number of hydrogen-bond donors (Lipinski definition) is 2. The summed E-state index contributed by atoms with van der Waals surface area (Å²) >= 11 is 5.38. The fourth-order valence-electron chi connectivity index (χ4n) is 2.28. The minimum Gasteiger partial charge on any atom is -0.317 e. The van der Waals surface area contributed by atoms with Crippen LogP contribution < -0.4 is 10.6 Å². The average Bonchev–Trinajstić information content (AvgIpc) is 2.68. The first kappa shape index (κ1) is 11.6. The lowest BCUT2D eigenvalue weighted by atomic mass is 9.89. The van der Waals surface area contributed by atoms with E-state index in [4.69, 9.17) is 0 Å². The molecule has 2 rings (SSSR count). The van der Waals surface area contributed by atoms with E-state index in [1.807, 2.05) is 11.3 Å². The first-order valence-electron chi connectivity index (χ1n) is 5.44. The van der Waals surface area contributed by atoms with Gasteiger partial charge in [0.05, 0.1) is 3.79 Å². The van der Waals surface area contributed by atoms with Gasteiger partial charge in [-0.3, -0.25) is 0 Å². The van der Waals surface area contributed by atoms with Crippen LogP contribution >= 0.6 is 27.3 Å². The van der Waals surface area contributed by atoms with E-state index in [1.54, 1.807) is 0 Å². The summed E-state index contributed by atoms with van der Waals surface area (Å²) in [6.07, 6.45) is 2.56. The lowest BCUT2D eigenvalue weighted by molar-refractivity contribution is 0.297. The van der Waals surface area contributed by atoms with Crippen LogP contribution in [0.3, 0.4) is 0 Å². The van der Waals surface area contributed by atoms with Crippen LogP contribution in [-0.2, 0) is 0 Å². The van der Waals surface area contributed by atoms with Crippen molar-refractivity contribution in [1.29, 1.82) is 0 Å². The van der Waals surface area contributed by atoms with Gasteiger partial charge in [-0.05, 0) is 67.0 Å². The molecule has 1 atom stereocenters. The molecular formula is C11H17BrN2S. The van der Waals surface area contributed by atoms with E-state index in [0.717, 1.165) is 19.0 Å². The third kappa shape index (κ3) is 2.81. The summed E-state index contributed by atoms with van der Waals surface area (Å²) in [5, 5.41) is 6.88. The van der Waals surface area contributed by atoms with Crippen LogP contribution in [0.2, 0.25) is 0 Å². The third-order valence-electron chi connectivity index (χ3n) is 3.07. The Balaban J connectivity index is 2.08. The molecule has 0 saturated carbocycles. The van der Waals surface area contributed by atoms with Crippen molar-refractivity contribution in [3.63, 3.8) is 0 Å². The second-order valence-corrected chi connectivity index (χ2v) is 6.49. The fourth-order valence-corrected chi connectivity index (χ4v) is 3.91. The molecule has 0 aromatic carbocycles. The van der Waals surface area contributed by atoms with Gasteiger partial charge in [0.25, 0.3) is 0 Å². The van der Waals surface area contributed by atoms with Gasteiger partial charge in [-0.15, -0.1) is 11.3 Å². The molecule has 1 aliphatic rings. The number of thiophene rings is 1. The maximum Gasteiger partial charge on any atom is 0.0701 e. The quantitative estimate of drug-likeness (QED) is 0.894. The number of rotatable bonds is 3. The third-order valence-corrected chi connectivity index (χ3v) is 4.77. The molecule has 2 N–H and O–H groups in total. The van der Waals surface area contributed by atoms with E-state index in [0.29, 0.717) is 6.04 Å². The molecular weight excluding hydrogens is 272 g/mol. The van der Waals surface area contributed by atoms with E-state index in [2.05, 4.69) is 45.7 Å². The summed E-state index contributed by atoms with van der Waals surface area (Å²) in [6.45, 7) is 2.32. The number of hydrogen-bond acceptors (Lipinski definition) is 3. The normalized spacial score (nSPS) is 20.4. The SMILES string of the molecule is CNC(c1ccc(Br)s1)C1CCNCC1. The van der Waals surface area contributed by atoms with Gasteiger partial charge in [-0.1, -0.05) is 0 Å². The molecule has 2 heterocycles. The van der Waals surface area contributed by atoms with Gasteiger partial charge >= 0.3 is 0 Å². The molecule has 0 aliphatic carbocycles. The highest BCUT2D eigenvalue weighted by Gasteiger charge is 2.24. The lowest BCUT2D eigenvalue weighted by Crippen LogP contribution is -2.34. The van der Waals surface area contributed by atoms with Gasteiger partial charge in [-0.2, -0.15) is 0 Å². The minimum atomic E-state index is 0.531. The molecule has 0 bridgehead atoms. The van der Waals surface area contributed by atoms with E-state index >= 15 is 0 Å². The highest BCUT2D eigenvalue weighted by Crippen LogP contribution is 2.34. The van der Waals surface area contributed by atoms with E-state index < -0.39 is 0 Å². The molecule has 84 valence electrons. The predicted molar refractivity (Wildman–Crippen MR) is 69.4 cm³/mol. The average molecular weight is 289 g/mol. The minimum absolute atomic E-state index is 0.531. The van der Waals surface area contributed by atoms with Crippen molar-refractivity contribution in [3.05, 3.63) is 20.8 Å². The second-order valence-electron chi connectivity index (χ2n) is 4.00. The molecule has 0 radical (unpaired) electrons. The zero-order valence-corrected chi connectivity index (χ0v) is 11.3. The van der Waals surface area contributed by atoms with Crippen LogP contribution in [0.5, 0.6) is 0 Å². The molecule has 1 aromatic rings. The number of piperidine rings is 1. The van der Waals surface area contributed by atoms with Crippen molar-refractivity contribution in [2.45, 2.75) is 18.9 Å². The Morgan fingerprint density at radius 3 is 2.73 bits per heavy atom. The summed E-state index contributed by atoms with van der Waals surface area (Å²) in [7, 11) is 2.07. The summed E-state index contributed by atoms with van der Waals surface area (Å²) in [4.78, 5) is 1.45. The van der Waals surface area contributed by atoms with Gasteiger partial charge in [0, 0.05) is 10.9 Å². The topological polar surface area (TPSA) is 24.1 Å². The van der Waals surface area contributed by atoms with Gasteiger partial charge in [0.2, 0.25) is 0 Å². The van der Waals surface area contributed by atoms with Crippen LogP contribution in [0.15, 0.2) is 15.9 Å². The summed E-state index contributed by atoms with van der Waals surface area (Å²) in [5.74, 6) is 0.779. The van der Waals surface area contributed by atoms with Crippen molar-refractivity contribution in [2.75, 3.05) is 20.1 Å². The highest BCUT2D eigenvalue weighted by molar-refractivity contribution is 9.11. The Labute approximate surface area is 104 Å². The van der Waals surface area contributed by atoms with Crippen LogP contribution in [0.4, 0.5) is 0 Å². The largest absolute Gasteiger partial charge is 0.317 e. The Bertz CT molecular complexity index is 307. The van der Waals surface area contributed by atoms with Gasteiger partial charge in [-0.25, -0.2) is 0 Å². The lowest BCUT2D eigenvalue weighted by Gasteiger charge is -2.29. The molecule has 1 aromatic heterocycles. The molecule has 0 spiro atoms.